The lowest BCUT2D eigenvalue weighted by atomic mass is 9.88. The number of rotatable bonds is 2. The molecule has 2 heterocycles. The highest BCUT2D eigenvalue weighted by Crippen LogP contribution is 2.36. The van der Waals surface area contributed by atoms with Gasteiger partial charge in [0.2, 0.25) is 6.29 Å². The van der Waals surface area contributed by atoms with Crippen LogP contribution in [0.2, 0.25) is 0 Å². The second kappa shape index (κ2) is 4.54. The molecule has 5 heteroatoms. The van der Waals surface area contributed by atoms with E-state index >= 15 is 0 Å². The van der Waals surface area contributed by atoms with Gasteiger partial charge in [0.25, 0.3) is 0 Å². The molecule has 0 aromatic carbocycles. The van der Waals surface area contributed by atoms with Crippen molar-refractivity contribution in [3.63, 3.8) is 0 Å². The van der Waals surface area contributed by atoms with Gasteiger partial charge < -0.3 is 14.2 Å². The molecule has 5 nitrogen and oxygen atoms in total. The second-order valence-corrected chi connectivity index (χ2v) is 3.73. The summed E-state index contributed by atoms with van der Waals surface area (Å²) in [4.78, 5) is 11.7. The van der Waals surface area contributed by atoms with E-state index in [1.54, 1.807) is 6.92 Å². The zero-order chi connectivity index (χ0) is 11.5. The molecule has 16 heavy (non-hydrogen) atoms. The van der Waals surface area contributed by atoms with Gasteiger partial charge in [0.05, 0.1) is 19.1 Å². The van der Waals surface area contributed by atoms with Gasteiger partial charge in [-0.1, -0.05) is 0 Å². The Labute approximate surface area is 93.6 Å². The molecule has 0 bridgehead atoms. The molecule has 0 aliphatic carbocycles. The summed E-state index contributed by atoms with van der Waals surface area (Å²) < 4.78 is 15.6. The number of allylic oxidation sites excluding steroid dienone is 1. The molecule has 86 valence electrons. The standard InChI is InChI=1S/C11H13NO4/c1-2-14-10(13)9-5-7(6-12)16-11-8(9)3-4-15-11/h5,8-9,11H,2-4H2,1H3/t8-,9+,11-/m0/s1. The van der Waals surface area contributed by atoms with Crippen molar-refractivity contribution in [1.29, 1.82) is 5.26 Å². The van der Waals surface area contributed by atoms with Crippen LogP contribution in [-0.2, 0) is 19.0 Å². The van der Waals surface area contributed by atoms with E-state index in [9.17, 15) is 4.79 Å². The van der Waals surface area contributed by atoms with Gasteiger partial charge in [-0.3, -0.25) is 4.79 Å². The highest BCUT2D eigenvalue weighted by Gasteiger charge is 2.43. The van der Waals surface area contributed by atoms with Crippen LogP contribution < -0.4 is 0 Å². The summed E-state index contributed by atoms with van der Waals surface area (Å²) >= 11 is 0. The molecular weight excluding hydrogens is 210 g/mol. The van der Waals surface area contributed by atoms with Crippen LogP contribution in [0.25, 0.3) is 0 Å². The van der Waals surface area contributed by atoms with Gasteiger partial charge in [-0.05, 0) is 19.4 Å². The molecule has 0 amide bonds. The van der Waals surface area contributed by atoms with Crippen LogP contribution >= 0.6 is 0 Å². The minimum absolute atomic E-state index is 0.0313. The van der Waals surface area contributed by atoms with E-state index in [0.717, 1.165) is 6.42 Å². The van der Waals surface area contributed by atoms with Crippen LogP contribution in [0, 0.1) is 23.2 Å². The topological polar surface area (TPSA) is 68.6 Å². The normalized spacial score (nSPS) is 32.0. The van der Waals surface area contributed by atoms with Crippen LogP contribution in [0.5, 0.6) is 0 Å². The van der Waals surface area contributed by atoms with E-state index in [4.69, 9.17) is 19.5 Å². The van der Waals surface area contributed by atoms with E-state index in [1.807, 2.05) is 6.07 Å². The van der Waals surface area contributed by atoms with Gasteiger partial charge in [0, 0.05) is 5.92 Å². The molecule has 2 aliphatic heterocycles. The number of carbonyl (C=O) groups is 1. The predicted molar refractivity (Wildman–Crippen MR) is 52.8 cm³/mol. The quantitative estimate of drug-likeness (QED) is 0.652. The van der Waals surface area contributed by atoms with Gasteiger partial charge in [0.1, 0.15) is 6.07 Å². The molecule has 1 fully saturated rings. The summed E-state index contributed by atoms with van der Waals surface area (Å²) in [7, 11) is 0. The maximum absolute atomic E-state index is 11.7. The molecule has 0 radical (unpaired) electrons. The highest BCUT2D eigenvalue weighted by molar-refractivity contribution is 5.75. The second-order valence-electron chi connectivity index (χ2n) is 3.73. The average Bonchev–Trinajstić information content (AvgIpc) is 2.75. The Morgan fingerprint density at radius 3 is 3.25 bits per heavy atom. The van der Waals surface area contributed by atoms with Crippen molar-refractivity contribution in [2.45, 2.75) is 19.6 Å². The third kappa shape index (κ3) is 1.89. The van der Waals surface area contributed by atoms with Crippen LogP contribution in [-0.4, -0.2) is 25.5 Å². The zero-order valence-electron chi connectivity index (χ0n) is 9.01. The number of hydrogen-bond acceptors (Lipinski definition) is 5. The summed E-state index contributed by atoms with van der Waals surface area (Å²) in [6.07, 6.45) is 1.81. The van der Waals surface area contributed by atoms with E-state index in [2.05, 4.69) is 0 Å². The number of hydrogen-bond donors (Lipinski definition) is 0. The van der Waals surface area contributed by atoms with Crippen LogP contribution in [0.3, 0.4) is 0 Å². The Balaban J connectivity index is 2.19. The maximum Gasteiger partial charge on any atom is 0.313 e. The lowest BCUT2D eigenvalue weighted by Crippen LogP contribution is -2.35. The number of nitrogens with zero attached hydrogens (tertiary/aromatic N) is 1. The fourth-order valence-corrected chi connectivity index (χ4v) is 2.05. The van der Waals surface area contributed by atoms with Crippen molar-refractivity contribution in [1.82, 2.24) is 0 Å². The minimum Gasteiger partial charge on any atom is -0.466 e. The lowest BCUT2D eigenvalue weighted by Gasteiger charge is -2.28. The summed E-state index contributed by atoms with van der Waals surface area (Å²) in [5.74, 6) is -0.618. The highest BCUT2D eigenvalue weighted by atomic mass is 16.7. The zero-order valence-corrected chi connectivity index (χ0v) is 9.01. The molecule has 2 rings (SSSR count). The van der Waals surface area contributed by atoms with Crippen molar-refractivity contribution < 1.29 is 19.0 Å². The number of ether oxygens (including phenoxy) is 3. The molecule has 0 saturated carbocycles. The van der Waals surface area contributed by atoms with Crippen molar-refractivity contribution >= 4 is 5.97 Å². The van der Waals surface area contributed by atoms with Gasteiger partial charge >= 0.3 is 5.97 Å². The van der Waals surface area contributed by atoms with Crippen molar-refractivity contribution in [2.75, 3.05) is 13.2 Å². The van der Waals surface area contributed by atoms with Gasteiger partial charge in [0.15, 0.2) is 5.76 Å². The fourth-order valence-electron chi connectivity index (χ4n) is 2.05. The van der Waals surface area contributed by atoms with Crippen molar-refractivity contribution in [2.24, 2.45) is 11.8 Å². The summed E-state index contributed by atoms with van der Waals surface area (Å²) in [5.41, 5.74) is 0. The summed E-state index contributed by atoms with van der Waals surface area (Å²) in [5, 5.41) is 8.79. The summed E-state index contributed by atoms with van der Waals surface area (Å²) in [6, 6.07) is 1.89. The first kappa shape index (κ1) is 11.0. The Kier molecular flexibility index (Phi) is 3.11. The molecule has 0 aromatic heterocycles. The Morgan fingerprint density at radius 2 is 2.56 bits per heavy atom. The first-order valence-corrected chi connectivity index (χ1v) is 5.33. The third-order valence-corrected chi connectivity index (χ3v) is 2.79. The maximum atomic E-state index is 11.7. The van der Waals surface area contributed by atoms with Crippen LogP contribution in [0.1, 0.15) is 13.3 Å². The van der Waals surface area contributed by atoms with E-state index in [-0.39, 0.29) is 17.6 Å². The van der Waals surface area contributed by atoms with Crippen molar-refractivity contribution in [3.05, 3.63) is 11.8 Å². The first-order valence-electron chi connectivity index (χ1n) is 5.33. The molecule has 0 aromatic rings. The van der Waals surface area contributed by atoms with Crippen LogP contribution in [0.4, 0.5) is 0 Å². The van der Waals surface area contributed by atoms with Crippen molar-refractivity contribution in [3.8, 4) is 6.07 Å². The predicted octanol–water partition coefficient (Wildman–Crippen LogP) is 0.966. The molecule has 1 saturated heterocycles. The molecule has 3 atom stereocenters. The number of carbonyl (C=O) groups excluding carboxylic acids is 1. The van der Waals surface area contributed by atoms with Gasteiger partial charge in [-0.2, -0.15) is 5.26 Å². The number of nitriles is 1. The van der Waals surface area contributed by atoms with E-state index < -0.39 is 12.2 Å². The number of fused-ring (bicyclic) bond motifs is 1. The Morgan fingerprint density at radius 1 is 1.75 bits per heavy atom. The molecule has 0 unspecified atom stereocenters. The monoisotopic (exact) mass is 223 g/mol. The molecule has 0 N–H and O–H groups in total. The molecule has 2 aliphatic rings. The van der Waals surface area contributed by atoms with Gasteiger partial charge in [-0.15, -0.1) is 0 Å². The molecule has 0 spiro atoms. The van der Waals surface area contributed by atoms with Crippen LogP contribution in [0.15, 0.2) is 11.8 Å². The lowest BCUT2D eigenvalue weighted by molar-refractivity contribution is -0.158. The third-order valence-electron chi connectivity index (χ3n) is 2.79. The summed E-state index contributed by atoms with van der Waals surface area (Å²) in [6.45, 7) is 2.65. The Hall–Kier alpha value is -1.54. The Bertz CT molecular complexity index is 357. The van der Waals surface area contributed by atoms with E-state index in [0.29, 0.717) is 13.2 Å². The fraction of sp³-hybridized carbons (Fsp3) is 0.636. The average molecular weight is 223 g/mol. The first-order chi connectivity index (χ1) is 7.76. The van der Waals surface area contributed by atoms with Gasteiger partial charge in [-0.25, -0.2) is 0 Å². The number of esters is 1. The SMILES string of the molecule is CCOC(=O)[C@@H]1C=C(C#N)O[C@@H]2OCC[C@H]21. The van der Waals surface area contributed by atoms with E-state index in [1.165, 1.54) is 6.08 Å². The largest absolute Gasteiger partial charge is 0.466 e. The smallest absolute Gasteiger partial charge is 0.313 e. The molecular formula is C11H13NO4. The minimum atomic E-state index is -0.478.